The number of carboxylic acid groups (broad SMARTS) is 1. The van der Waals surface area contributed by atoms with Crippen LogP contribution in [0.2, 0.25) is 0 Å². The van der Waals surface area contributed by atoms with Gasteiger partial charge in [0.15, 0.2) is 0 Å². The normalized spacial score (nSPS) is 16.3. The van der Waals surface area contributed by atoms with Crippen molar-refractivity contribution in [2.45, 2.75) is 38.9 Å². The van der Waals surface area contributed by atoms with E-state index < -0.39 is 12.1 Å². The van der Waals surface area contributed by atoms with Gasteiger partial charge in [0, 0.05) is 19.5 Å². The molecule has 1 rings (SSSR count). The third-order valence-corrected chi connectivity index (χ3v) is 2.74. The Kier molecular flexibility index (Phi) is 7.43. The van der Waals surface area contributed by atoms with E-state index in [4.69, 9.17) is 9.90 Å². The summed E-state index contributed by atoms with van der Waals surface area (Å²) in [6, 6.07) is 0.480. The quantitative estimate of drug-likeness (QED) is 0.800. The Balaban J connectivity index is 0.000000399. The number of amides is 1. The van der Waals surface area contributed by atoms with Gasteiger partial charge >= 0.3 is 12.1 Å². The molecule has 112 valence electrons. The molecule has 0 aromatic rings. The topological polar surface area (TPSA) is 69.6 Å². The highest BCUT2D eigenvalue weighted by Gasteiger charge is 2.38. The number of hydrogen-bond acceptors (Lipinski definition) is 3. The van der Waals surface area contributed by atoms with Crippen LogP contribution in [-0.2, 0) is 9.59 Å². The molecule has 0 radical (unpaired) electrons. The zero-order valence-electron chi connectivity index (χ0n) is 11.0. The monoisotopic (exact) mass is 284 g/mol. The number of nitrogens with one attached hydrogen (secondary N) is 1. The van der Waals surface area contributed by atoms with E-state index in [9.17, 15) is 18.0 Å². The van der Waals surface area contributed by atoms with Crippen molar-refractivity contribution in [3.63, 3.8) is 0 Å². The number of aliphatic carboxylic acids is 1. The van der Waals surface area contributed by atoms with Gasteiger partial charge in [-0.2, -0.15) is 13.2 Å². The van der Waals surface area contributed by atoms with Gasteiger partial charge in [-0.15, -0.1) is 0 Å². The average molecular weight is 284 g/mol. The summed E-state index contributed by atoms with van der Waals surface area (Å²) in [6.45, 7) is 6.65. The number of carbonyl (C=O) groups excluding carboxylic acids is 1. The van der Waals surface area contributed by atoms with Crippen molar-refractivity contribution in [3.8, 4) is 0 Å². The second kappa shape index (κ2) is 7.98. The molecule has 0 aromatic heterocycles. The van der Waals surface area contributed by atoms with Gasteiger partial charge in [0.2, 0.25) is 5.91 Å². The van der Waals surface area contributed by atoms with Gasteiger partial charge in [0.1, 0.15) is 0 Å². The van der Waals surface area contributed by atoms with Crippen LogP contribution in [0.25, 0.3) is 0 Å². The number of alkyl halides is 3. The van der Waals surface area contributed by atoms with Gasteiger partial charge in [0.25, 0.3) is 0 Å². The number of nitrogens with zero attached hydrogens (tertiary/aromatic N) is 1. The molecule has 0 bridgehead atoms. The third-order valence-electron chi connectivity index (χ3n) is 2.74. The van der Waals surface area contributed by atoms with Crippen LogP contribution in [0.4, 0.5) is 13.2 Å². The van der Waals surface area contributed by atoms with Crippen LogP contribution in [0.3, 0.4) is 0 Å². The molecule has 1 aliphatic rings. The van der Waals surface area contributed by atoms with E-state index in [0.717, 1.165) is 32.5 Å². The molecule has 0 spiro atoms. The lowest BCUT2D eigenvalue weighted by Gasteiger charge is -2.33. The largest absolute Gasteiger partial charge is 0.490 e. The van der Waals surface area contributed by atoms with Crippen molar-refractivity contribution in [1.82, 2.24) is 10.2 Å². The first-order valence-corrected chi connectivity index (χ1v) is 5.98. The fourth-order valence-electron chi connectivity index (χ4n) is 1.86. The number of hydrogen-bond donors (Lipinski definition) is 2. The van der Waals surface area contributed by atoms with Crippen LogP contribution < -0.4 is 5.32 Å². The molecular weight excluding hydrogens is 265 g/mol. The predicted molar refractivity (Wildman–Crippen MR) is 62.6 cm³/mol. The Labute approximate surface area is 109 Å². The summed E-state index contributed by atoms with van der Waals surface area (Å²) in [7, 11) is 0. The molecule has 0 atom stereocenters. The molecular formula is C11H19F3N2O3. The second-order valence-corrected chi connectivity index (χ2v) is 4.09. The average Bonchev–Trinajstić information content (AvgIpc) is 2.30. The lowest BCUT2D eigenvalue weighted by Crippen LogP contribution is -2.45. The van der Waals surface area contributed by atoms with E-state index in [1.54, 1.807) is 6.92 Å². The van der Waals surface area contributed by atoms with Crippen molar-refractivity contribution < 1.29 is 27.9 Å². The number of halogens is 3. The Bertz CT molecular complexity index is 302. The maximum absolute atomic E-state index is 11.2. The van der Waals surface area contributed by atoms with Crippen LogP contribution in [0.1, 0.15) is 26.7 Å². The molecule has 0 unspecified atom stereocenters. The standard InChI is InChI=1S/C9H18N2O.C2HF3O2/c1-3-11(8(2)12)9-4-6-10-7-5-9;3-2(4,5)1(6)7/h9-10H,3-7H2,1-2H3;(H,6,7). The first-order chi connectivity index (χ1) is 8.70. The first kappa shape index (κ1) is 17.7. The SMILES string of the molecule is CCN(C(C)=O)C1CCNCC1.O=C(O)C(F)(F)F. The summed E-state index contributed by atoms with van der Waals surface area (Å²) in [5, 5.41) is 10.4. The van der Waals surface area contributed by atoms with Gasteiger partial charge in [-0.05, 0) is 32.9 Å². The van der Waals surface area contributed by atoms with Gasteiger partial charge in [-0.25, -0.2) is 4.79 Å². The zero-order chi connectivity index (χ0) is 15.1. The summed E-state index contributed by atoms with van der Waals surface area (Å²) < 4.78 is 31.7. The summed E-state index contributed by atoms with van der Waals surface area (Å²) >= 11 is 0. The minimum atomic E-state index is -5.08. The molecule has 5 nitrogen and oxygen atoms in total. The van der Waals surface area contributed by atoms with Crippen molar-refractivity contribution in [2.24, 2.45) is 0 Å². The number of carbonyl (C=O) groups is 2. The molecule has 19 heavy (non-hydrogen) atoms. The van der Waals surface area contributed by atoms with Crippen LogP contribution in [0, 0.1) is 0 Å². The molecule has 1 amide bonds. The maximum Gasteiger partial charge on any atom is 0.490 e. The number of carboxylic acids is 1. The Hall–Kier alpha value is -1.31. The molecule has 0 saturated carbocycles. The van der Waals surface area contributed by atoms with E-state index in [0.29, 0.717) is 6.04 Å². The van der Waals surface area contributed by atoms with Crippen molar-refractivity contribution in [1.29, 1.82) is 0 Å². The minimum Gasteiger partial charge on any atom is -0.475 e. The van der Waals surface area contributed by atoms with Crippen LogP contribution in [0.15, 0.2) is 0 Å². The molecule has 1 aliphatic heterocycles. The Morgan fingerprint density at radius 2 is 1.74 bits per heavy atom. The van der Waals surface area contributed by atoms with Crippen LogP contribution in [0.5, 0.6) is 0 Å². The van der Waals surface area contributed by atoms with E-state index in [1.807, 2.05) is 11.8 Å². The highest BCUT2D eigenvalue weighted by molar-refractivity contribution is 5.73. The van der Waals surface area contributed by atoms with Crippen LogP contribution in [-0.4, -0.2) is 53.7 Å². The minimum absolute atomic E-state index is 0.212. The summed E-state index contributed by atoms with van der Waals surface area (Å²) in [4.78, 5) is 22.0. The number of piperidine rings is 1. The molecule has 8 heteroatoms. The smallest absolute Gasteiger partial charge is 0.475 e. The lowest BCUT2D eigenvalue weighted by atomic mass is 10.1. The van der Waals surface area contributed by atoms with Crippen molar-refractivity contribution >= 4 is 11.9 Å². The first-order valence-electron chi connectivity index (χ1n) is 5.98. The van der Waals surface area contributed by atoms with Crippen LogP contribution >= 0.6 is 0 Å². The van der Waals surface area contributed by atoms with Gasteiger partial charge in [-0.3, -0.25) is 4.79 Å². The van der Waals surface area contributed by atoms with E-state index in [2.05, 4.69) is 5.32 Å². The summed E-state index contributed by atoms with van der Waals surface area (Å²) in [6.07, 6.45) is -2.87. The third kappa shape index (κ3) is 7.00. The number of rotatable bonds is 2. The summed E-state index contributed by atoms with van der Waals surface area (Å²) in [5.41, 5.74) is 0. The van der Waals surface area contributed by atoms with Crippen molar-refractivity contribution in [2.75, 3.05) is 19.6 Å². The molecule has 0 aliphatic carbocycles. The molecule has 2 N–H and O–H groups in total. The molecule has 1 saturated heterocycles. The maximum atomic E-state index is 11.2. The lowest BCUT2D eigenvalue weighted by molar-refractivity contribution is -0.192. The van der Waals surface area contributed by atoms with E-state index in [-0.39, 0.29) is 5.91 Å². The molecule has 0 aromatic carbocycles. The second-order valence-electron chi connectivity index (χ2n) is 4.09. The van der Waals surface area contributed by atoms with Crippen molar-refractivity contribution in [3.05, 3.63) is 0 Å². The van der Waals surface area contributed by atoms with Gasteiger partial charge in [-0.1, -0.05) is 0 Å². The Morgan fingerprint density at radius 3 is 2.00 bits per heavy atom. The van der Waals surface area contributed by atoms with E-state index in [1.165, 1.54) is 0 Å². The van der Waals surface area contributed by atoms with Gasteiger partial charge in [0.05, 0.1) is 0 Å². The Morgan fingerprint density at radius 1 is 1.32 bits per heavy atom. The highest BCUT2D eigenvalue weighted by Crippen LogP contribution is 2.13. The fourth-order valence-corrected chi connectivity index (χ4v) is 1.86. The fraction of sp³-hybridized carbons (Fsp3) is 0.818. The summed E-state index contributed by atoms with van der Waals surface area (Å²) in [5.74, 6) is -2.54. The van der Waals surface area contributed by atoms with E-state index >= 15 is 0 Å². The predicted octanol–water partition coefficient (Wildman–Crippen LogP) is 1.24. The highest BCUT2D eigenvalue weighted by atomic mass is 19.4. The van der Waals surface area contributed by atoms with Gasteiger partial charge < -0.3 is 15.3 Å². The molecule has 1 fully saturated rings. The zero-order valence-corrected chi connectivity index (χ0v) is 11.0. The molecule has 1 heterocycles.